The van der Waals surface area contributed by atoms with Gasteiger partial charge in [0.05, 0.1) is 5.56 Å². The normalized spacial score (nSPS) is 10.8. The van der Waals surface area contributed by atoms with Gasteiger partial charge in [-0.1, -0.05) is 48.5 Å². The maximum absolute atomic E-state index is 4.79. The third-order valence-corrected chi connectivity index (χ3v) is 4.41. The molecule has 140 valence electrons. The van der Waals surface area contributed by atoms with Gasteiger partial charge < -0.3 is 5.32 Å². The van der Waals surface area contributed by atoms with Crippen LogP contribution in [-0.4, -0.2) is 29.5 Å². The van der Waals surface area contributed by atoms with Crippen LogP contribution in [0.3, 0.4) is 0 Å². The maximum Gasteiger partial charge on any atom is 0.231 e. The zero-order valence-corrected chi connectivity index (χ0v) is 15.4. The molecular formula is C22H17N7. The number of rotatable bonds is 5. The highest BCUT2D eigenvalue weighted by Gasteiger charge is 2.20. The second-order valence-electron chi connectivity index (χ2n) is 6.33. The highest BCUT2D eigenvalue weighted by Crippen LogP contribution is 2.31. The molecule has 7 nitrogen and oxygen atoms in total. The Bertz CT molecular complexity index is 1140. The van der Waals surface area contributed by atoms with Crippen LogP contribution in [0.4, 0.5) is 11.6 Å². The molecule has 0 aliphatic rings. The molecule has 0 aliphatic heterocycles. The summed E-state index contributed by atoms with van der Waals surface area (Å²) in [6, 6.07) is 23.6. The van der Waals surface area contributed by atoms with Crippen molar-refractivity contribution in [2.75, 3.05) is 5.32 Å². The Kier molecular flexibility index (Phi) is 4.31. The smallest absolute Gasteiger partial charge is 0.231 e. The van der Waals surface area contributed by atoms with Crippen LogP contribution in [0.5, 0.6) is 0 Å². The number of para-hydroxylation sites is 1. The first-order valence-electron chi connectivity index (χ1n) is 9.18. The molecule has 0 aliphatic carbocycles. The second-order valence-corrected chi connectivity index (χ2v) is 6.33. The average molecular weight is 379 g/mol. The lowest BCUT2D eigenvalue weighted by Crippen LogP contribution is -2.11. The average Bonchev–Trinajstić information content (AvgIpc) is 3.49. The first-order valence-corrected chi connectivity index (χ1v) is 9.18. The highest BCUT2D eigenvalue weighted by molar-refractivity contribution is 5.78. The Labute approximate surface area is 167 Å². The Morgan fingerprint density at radius 3 is 1.69 bits per heavy atom. The van der Waals surface area contributed by atoms with Crippen molar-refractivity contribution in [2.24, 2.45) is 0 Å². The van der Waals surface area contributed by atoms with Gasteiger partial charge in [-0.25, -0.2) is 9.36 Å². The molecule has 2 aromatic carbocycles. The number of hydrogen-bond acceptors (Lipinski definition) is 5. The van der Waals surface area contributed by atoms with Crippen LogP contribution in [0, 0.1) is 0 Å². The van der Waals surface area contributed by atoms with Gasteiger partial charge >= 0.3 is 0 Å². The number of benzene rings is 2. The lowest BCUT2D eigenvalue weighted by Gasteiger charge is -2.16. The molecule has 29 heavy (non-hydrogen) atoms. The van der Waals surface area contributed by atoms with Crippen molar-refractivity contribution in [3.05, 3.63) is 97.6 Å². The summed E-state index contributed by atoms with van der Waals surface area (Å²) in [6.45, 7) is 0. The van der Waals surface area contributed by atoms with Crippen molar-refractivity contribution in [3.8, 4) is 22.8 Å². The fourth-order valence-electron chi connectivity index (χ4n) is 3.13. The van der Waals surface area contributed by atoms with Gasteiger partial charge in [-0.2, -0.15) is 20.2 Å². The summed E-state index contributed by atoms with van der Waals surface area (Å²) >= 11 is 0. The minimum Gasteiger partial charge on any atom is -0.324 e. The van der Waals surface area contributed by atoms with Gasteiger partial charge in [-0.3, -0.25) is 0 Å². The summed E-state index contributed by atoms with van der Waals surface area (Å²) in [7, 11) is 0. The van der Waals surface area contributed by atoms with Crippen LogP contribution in [-0.2, 0) is 0 Å². The molecule has 0 amide bonds. The van der Waals surface area contributed by atoms with Crippen LogP contribution in [0.1, 0.15) is 0 Å². The maximum atomic E-state index is 4.79. The molecule has 0 unspecified atom stereocenters. The van der Waals surface area contributed by atoms with E-state index in [2.05, 4.69) is 15.5 Å². The second kappa shape index (κ2) is 7.40. The fourth-order valence-corrected chi connectivity index (χ4v) is 3.13. The molecule has 5 rings (SSSR count). The highest BCUT2D eigenvalue weighted by atomic mass is 15.3. The van der Waals surface area contributed by atoms with E-state index in [0.717, 1.165) is 16.8 Å². The molecule has 0 atom stereocenters. The van der Waals surface area contributed by atoms with E-state index in [0.29, 0.717) is 17.6 Å². The Morgan fingerprint density at radius 1 is 0.621 bits per heavy atom. The molecule has 0 bridgehead atoms. The summed E-state index contributed by atoms with van der Waals surface area (Å²) in [5.41, 5.74) is 2.73. The number of hydrogen-bond donors (Lipinski definition) is 1. The van der Waals surface area contributed by atoms with Gasteiger partial charge in [0.2, 0.25) is 5.95 Å². The first-order chi connectivity index (χ1) is 14.4. The van der Waals surface area contributed by atoms with Crippen LogP contribution >= 0.6 is 0 Å². The van der Waals surface area contributed by atoms with E-state index in [1.165, 1.54) is 0 Å². The molecular weight excluding hydrogens is 362 g/mol. The van der Waals surface area contributed by atoms with Crippen molar-refractivity contribution in [3.63, 3.8) is 0 Å². The molecule has 0 radical (unpaired) electrons. The molecule has 7 heteroatoms. The Hall–Kier alpha value is -4.26. The van der Waals surface area contributed by atoms with E-state index >= 15 is 0 Å². The lowest BCUT2D eigenvalue weighted by molar-refractivity contribution is 0.810. The number of anilines is 2. The van der Waals surface area contributed by atoms with Crippen molar-refractivity contribution in [2.45, 2.75) is 0 Å². The monoisotopic (exact) mass is 379 g/mol. The largest absolute Gasteiger partial charge is 0.324 e. The van der Waals surface area contributed by atoms with Crippen LogP contribution in [0.25, 0.3) is 22.8 Å². The summed E-state index contributed by atoms with van der Waals surface area (Å²) < 4.78 is 3.49. The minimum absolute atomic E-state index is 0.465. The molecule has 3 aromatic heterocycles. The van der Waals surface area contributed by atoms with Crippen molar-refractivity contribution >= 4 is 11.6 Å². The van der Waals surface area contributed by atoms with Crippen LogP contribution in [0.15, 0.2) is 97.6 Å². The predicted octanol–water partition coefficient (Wildman–Crippen LogP) is 4.26. The summed E-state index contributed by atoms with van der Waals surface area (Å²) in [6.07, 6.45) is 7.20. The van der Waals surface area contributed by atoms with Crippen LogP contribution < -0.4 is 5.32 Å². The fraction of sp³-hybridized carbons (Fsp3) is 0. The quantitative estimate of drug-likeness (QED) is 0.494. The van der Waals surface area contributed by atoms with E-state index < -0.39 is 0 Å². The number of aromatic nitrogens is 6. The van der Waals surface area contributed by atoms with Gasteiger partial charge in [0.15, 0.2) is 11.6 Å². The van der Waals surface area contributed by atoms with E-state index in [1.807, 2.05) is 85.2 Å². The first kappa shape index (κ1) is 16.9. The molecule has 0 saturated carbocycles. The van der Waals surface area contributed by atoms with E-state index in [1.54, 1.807) is 21.8 Å². The van der Waals surface area contributed by atoms with Crippen LogP contribution in [0.2, 0.25) is 0 Å². The van der Waals surface area contributed by atoms with Crippen molar-refractivity contribution in [1.29, 1.82) is 0 Å². The zero-order chi connectivity index (χ0) is 19.5. The molecule has 5 aromatic rings. The zero-order valence-electron chi connectivity index (χ0n) is 15.4. The third-order valence-electron chi connectivity index (χ3n) is 4.41. The standard InChI is InChI=1S/C22H17N7/c1-3-9-17(10-4-1)19-20(28-15-7-13-23-28)26-22(25-18-11-5-2-6-12-18)27-21(19)29-16-8-14-24-29/h1-16H,(H,25,26,27). The molecule has 1 N–H and O–H groups in total. The van der Waals surface area contributed by atoms with E-state index in [4.69, 9.17) is 9.97 Å². The molecule has 3 heterocycles. The van der Waals surface area contributed by atoms with Crippen molar-refractivity contribution in [1.82, 2.24) is 29.5 Å². The Balaban J connectivity index is 1.76. The molecule has 0 saturated heterocycles. The van der Waals surface area contributed by atoms with E-state index in [9.17, 15) is 0 Å². The van der Waals surface area contributed by atoms with Gasteiger partial charge in [0.1, 0.15) is 0 Å². The Morgan fingerprint density at radius 2 is 1.17 bits per heavy atom. The van der Waals surface area contributed by atoms with Gasteiger partial charge in [-0.15, -0.1) is 0 Å². The SMILES string of the molecule is c1ccc(Nc2nc(-n3cccn3)c(-c3ccccc3)c(-n3cccn3)n2)cc1. The topological polar surface area (TPSA) is 73.5 Å². The van der Waals surface area contributed by atoms with Crippen molar-refractivity contribution < 1.29 is 0 Å². The lowest BCUT2D eigenvalue weighted by atomic mass is 10.1. The van der Waals surface area contributed by atoms with Gasteiger partial charge in [0.25, 0.3) is 0 Å². The minimum atomic E-state index is 0.465. The summed E-state index contributed by atoms with van der Waals surface area (Å²) in [5, 5.41) is 12.1. The number of nitrogens with zero attached hydrogens (tertiary/aromatic N) is 6. The molecule has 0 fully saturated rings. The van der Waals surface area contributed by atoms with Gasteiger partial charge in [0, 0.05) is 30.5 Å². The molecule has 0 spiro atoms. The predicted molar refractivity (Wildman–Crippen MR) is 111 cm³/mol. The van der Waals surface area contributed by atoms with E-state index in [-0.39, 0.29) is 0 Å². The van der Waals surface area contributed by atoms with Gasteiger partial charge in [-0.05, 0) is 29.8 Å². The summed E-state index contributed by atoms with van der Waals surface area (Å²) in [4.78, 5) is 9.59. The number of nitrogens with one attached hydrogen (secondary N) is 1. The summed E-state index contributed by atoms with van der Waals surface area (Å²) in [5.74, 6) is 1.80. The third kappa shape index (κ3) is 3.37.